The quantitative estimate of drug-likeness (QED) is 0.758. The summed E-state index contributed by atoms with van der Waals surface area (Å²) in [6.07, 6.45) is 1.24. The summed E-state index contributed by atoms with van der Waals surface area (Å²) in [5.74, 6) is -1.64. The normalized spacial score (nSPS) is 11.0. The van der Waals surface area contributed by atoms with E-state index in [-0.39, 0.29) is 28.0 Å². The summed E-state index contributed by atoms with van der Waals surface area (Å²) >= 11 is 6.21. The molecular weight excluding hydrogens is 299 g/mol. The smallest absolute Gasteiger partial charge is 0.356 e. The van der Waals surface area contributed by atoms with Gasteiger partial charge in [0.1, 0.15) is 16.7 Å². The maximum atomic E-state index is 13.3. The lowest BCUT2D eigenvalue weighted by Crippen LogP contribution is -2.01. The number of rotatable bonds is 2. The molecule has 0 aliphatic carbocycles. The number of nitrogens with zero attached hydrogens (tertiary/aromatic N) is 3. The van der Waals surface area contributed by atoms with Gasteiger partial charge in [-0.05, 0) is 12.1 Å². The van der Waals surface area contributed by atoms with Gasteiger partial charge in [0.05, 0.1) is 0 Å². The van der Waals surface area contributed by atoms with Crippen LogP contribution in [0.4, 0.5) is 10.2 Å². The highest BCUT2D eigenvalue weighted by Gasteiger charge is 2.17. The van der Waals surface area contributed by atoms with Crippen molar-refractivity contribution in [3.8, 4) is 11.3 Å². The second kappa shape index (κ2) is 4.71. The summed E-state index contributed by atoms with van der Waals surface area (Å²) in [6, 6.07) is 5.69. The number of hydrogen-bond acceptors (Lipinski definition) is 4. The zero-order chi connectivity index (χ0) is 15.1. The molecule has 3 aromatic rings. The number of nitrogen functional groups attached to an aromatic ring is 1. The van der Waals surface area contributed by atoms with Gasteiger partial charge in [-0.15, -0.1) is 0 Å². The molecule has 0 saturated heterocycles. The molecule has 0 aliphatic heterocycles. The minimum atomic E-state index is -1.21. The molecule has 0 bridgehead atoms. The Bertz CT molecular complexity index is 878. The van der Waals surface area contributed by atoms with Crippen molar-refractivity contribution in [2.45, 2.75) is 0 Å². The SMILES string of the molecule is Nc1nc(-c2cccc(F)c2)c(Cl)n2cc(C(=O)O)nc12. The van der Waals surface area contributed by atoms with Crippen LogP contribution in [0.2, 0.25) is 5.15 Å². The van der Waals surface area contributed by atoms with Crippen LogP contribution in [0.3, 0.4) is 0 Å². The first-order valence-corrected chi connectivity index (χ1v) is 6.18. The van der Waals surface area contributed by atoms with Crippen molar-refractivity contribution in [2.24, 2.45) is 0 Å². The molecule has 2 aromatic heterocycles. The van der Waals surface area contributed by atoms with E-state index in [0.717, 1.165) is 0 Å². The Labute approximate surface area is 122 Å². The standard InChI is InChI=1S/C13H8ClFN4O2/c14-10-9(6-2-1-3-7(15)4-6)18-11(16)12-17-8(13(20)21)5-19(10)12/h1-5H,(H2,16,18)(H,20,21). The Balaban J connectivity index is 2.30. The largest absolute Gasteiger partial charge is 0.476 e. The van der Waals surface area contributed by atoms with E-state index in [1.54, 1.807) is 6.07 Å². The first-order chi connectivity index (χ1) is 9.97. The van der Waals surface area contributed by atoms with Crippen molar-refractivity contribution in [3.63, 3.8) is 0 Å². The molecule has 8 heteroatoms. The van der Waals surface area contributed by atoms with Crippen LogP contribution in [0.25, 0.3) is 16.9 Å². The fraction of sp³-hybridized carbons (Fsp3) is 0. The summed E-state index contributed by atoms with van der Waals surface area (Å²) < 4.78 is 14.6. The molecule has 0 saturated carbocycles. The zero-order valence-corrected chi connectivity index (χ0v) is 11.2. The minimum absolute atomic E-state index is 0.00570. The molecule has 6 nitrogen and oxygen atoms in total. The average Bonchev–Trinajstić information content (AvgIpc) is 2.89. The van der Waals surface area contributed by atoms with Crippen LogP contribution >= 0.6 is 11.6 Å². The fourth-order valence-electron chi connectivity index (χ4n) is 1.96. The van der Waals surface area contributed by atoms with Gasteiger partial charge in [0, 0.05) is 11.8 Å². The molecule has 106 valence electrons. The van der Waals surface area contributed by atoms with E-state index in [2.05, 4.69) is 9.97 Å². The molecule has 2 heterocycles. The van der Waals surface area contributed by atoms with E-state index in [0.29, 0.717) is 5.56 Å². The molecular formula is C13H8ClFN4O2. The predicted octanol–water partition coefficient (Wildman–Crippen LogP) is 2.47. The molecule has 3 rings (SSSR count). The molecule has 0 radical (unpaired) electrons. The Hall–Kier alpha value is -2.67. The van der Waals surface area contributed by atoms with Crippen molar-refractivity contribution in [1.29, 1.82) is 0 Å². The van der Waals surface area contributed by atoms with Gasteiger partial charge in [-0.1, -0.05) is 23.7 Å². The van der Waals surface area contributed by atoms with Crippen molar-refractivity contribution in [2.75, 3.05) is 5.73 Å². The van der Waals surface area contributed by atoms with Crippen LogP contribution in [0.1, 0.15) is 10.5 Å². The van der Waals surface area contributed by atoms with E-state index in [4.69, 9.17) is 22.4 Å². The third-order valence-electron chi connectivity index (χ3n) is 2.89. The number of imidazole rings is 1. The summed E-state index contributed by atoms with van der Waals surface area (Å²) in [6.45, 7) is 0. The Morgan fingerprint density at radius 2 is 2.14 bits per heavy atom. The predicted molar refractivity (Wildman–Crippen MR) is 74.8 cm³/mol. The van der Waals surface area contributed by atoms with Crippen LogP contribution in [-0.4, -0.2) is 25.4 Å². The Morgan fingerprint density at radius 3 is 2.81 bits per heavy atom. The number of nitrogens with two attached hydrogens (primary N) is 1. The first kappa shape index (κ1) is 13.3. The second-order valence-corrected chi connectivity index (χ2v) is 4.63. The molecule has 0 aliphatic rings. The molecule has 0 amide bonds. The summed E-state index contributed by atoms with van der Waals surface area (Å²) in [7, 11) is 0. The highest BCUT2D eigenvalue weighted by atomic mass is 35.5. The molecule has 1 aromatic carbocycles. The lowest BCUT2D eigenvalue weighted by atomic mass is 10.1. The van der Waals surface area contributed by atoms with Gasteiger partial charge < -0.3 is 10.8 Å². The highest BCUT2D eigenvalue weighted by molar-refractivity contribution is 6.32. The number of benzene rings is 1. The number of aromatic nitrogens is 3. The summed E-state index contributed by atoms with van der Waals surface area (Å²) in [4.78, 5) is 18.9. The molecule has 0 fully saturated rings. The van der Waals surface area contributed by atoms with Crippen LogP contribution in [0, 0.1) is 5.82 Å². The lowest BCUT2D eigenvalue weighted by Gasteiger charge is -2.07. The van der Waals surface area contributed by atoms with Crippen molar-refractivity contribution < 1.29 is 14.3 Å². The summed E-state index contributed by atoms with van der Waals surface area (Å²) in [5, 5.41) is 9.06. The Kier molecular flexibility index (Phi) is 2.99. The Morgan fingerprint density at radius 1 is 1.38 bits per heavy atom. The number of hydrogen-bond donors (Lipinski definition) is 2. The zero-order valence-electron chi connectivity index (χ0n) is 10.4. The number of fused-ring (bicyclic) bond motifs is 1. The number of anilines is 1. The lowest BCUT2D eigenvalue weighted by molar-refractivity contribution is 0.0691. The fourth-order valence-corrected chi connectivity index (χ4v) is 2.24. The van der Waals surface area contributed by atoms with Gasteiger partial charge in [-0.25, -0.2) is 19.2 Å². The van der Waals surface area contributed by atoms with Crippen LogP contribution in [0.5, 0.6) is 0 Å². The topological polar surface area (TPSA) is 93.5 Å². The molecule has 0 spiro atoms. The number of carboxylic acid groups (broad SMARTS) is 1. The maximum absolute atomic E-state index is 13.3. The monoisotopic (exact) mass is 306 g/mol. The van der Waals surface area contributed by atoms with Gasteiger partial charge >= 0.3 is 5.97 Å². The van der Waals surface area contributed by atoms with Gasteiger partial charge in [-0.3, -0.25) is 4.40 Å². The van der Waals surface area contributed by atoms with Crippen molar-refractivity contribution >= 4 is 29.0 Å². The van der Waals surface area contributed by atoms with Gasteiger partial charge in [0.25, 0.3) is 0 Å². The van der Waals surface area contributed by atoms with E-state index in [1.165, 1.54) is 28.8 Å². The summed E-state index contributed by atoms with van der Waals surface area (Å²) in [5.41, 5.74) is 6.38. The molecule has 0 unspecified atom stereocenters. The van der Waals surface area contributed by atoms with Gasteiger partial charge in [-0.2, -0.15) is 0 Å². The number of carbonyl (C=O) groups is 1. The van der Waals surface area contributed by atoms with Crippen molar-refractivity contribution in [1.82, 2.24) is 14.4 Å². The third-order valence-corrected chi connectivity index (χ3v) is 3.25. The molecule has 0 atom stereocenters. The second-order valence-electron chi connectivity index (χ2n) is 4.27. The molecule has 3 N–H and O–H groups in total. The van der Waals surface area contributed by atoms with E-state index >= 15 is 0 Å². The van der Waals surface area contributed by atoms with E-state index < -0.39 is 11.8 Å². The third kappa shape index (κ3) is 2.17. The maximum Gasteiger partial charge on any atom is 0.356 e. The van der Waals surface area contributed by atoms with Gasteiger partial charge in [0.2, 0.25) is 0 Å². The average molecular weight is 307 g/mol. The van der Waals surface area contributed by atoms with Crippen LogP contribution in [0.15, 0.2) is 30.5 Å². The van der Waals surface area contributed by atoms with E-state index in [9.17, 15) is 9.18 Å². The van der Waals surface area contributed by atoms with Crippen LogP contribution < -0.4 is 5.73 Å². The van der Waals surface area contributed by atoms with E-state index in [1.807, 2.05) is 0 Å². The number of carboxylic acids is 1. The highest BCUT2D eigenvalue weighted by Crippen LogP contribution is 2.29. The molecule has 21 heavy (non-hydrogen) atoms. The van der Waals surface area contributed by atoms with Crippen LogP contribution in [-0.2, 0) is 0 Å². The van der Waals surface area contributed by atoms with Crippen molar-refractivity contribution in [3.05, 3.63) is 47.1 Å². The number of halogens is 2. The number of aromatic carboxylic acids is 1. The van der Waals surface area contributed by atoms with Gasteiger partial charge in [0.15, 0.2) is 17.2 Å². The first-order valence-electron chi connectivity index (χ1n) is 5.80. The minimum Gasteiger partial charge on any atom is -0.476 e.